The lowest BCUT2D eigenvalue weighted by atomic mass is 10.0. The number of aliphatic hydroxyl groups is 1. The van der Waals surface area contributed by atoms with Crippen molar-refractivity contribution in [3.05, 3.63) is 47.9 Å². The predicted octanol–water partition coefficient (Wildman–Crippen LogP) is 3.50. The first-order valence-electron chi connectivity index (χ1n) is 10.2. The maximum Gasteiger partial charge on any atom is 0.390 e. The number of nitrogens with one attached hydrogen (secondary N) is 2. The molecule has 34 heavy (non-hydrogen) atoms. The van der Waals surface area contributed by atoms with E-state index in [2.05, 4.69) is 20.6 Å². The van der Waals surface area contributed by atoms with Gasteiger partial charge in [-0.1, -0.05) is 0 Å². The number of alkyl halides is 4. The summed E-state index contributed by atoms with van der Waals surface area (Å²) in [4.78, 5) is 21.1. The van der Waals surface area contributed by atoms with E-state index in [1.54, 1.807) is 22.9 Å². The van der Waals surface area contributed by atoms with E-state index in [4.69, 9.17) is 5.26 Å². The second-order valence-corrected chi connectivity index (χ2v) is 8.15. The number of halogens is 4. The Bertz CT molecular complexity index is 1230. The molecule has 0 unspecified atom stereocenters. The van der Waals surface area contributed by atoms with Gasteiger partial charge < -0.3 is 15.7 Å². The average molecular weight is 478 g/mol. The number of pyridine rings is 2. The van der Waals surface area contributed by atoms with Crippen LogP contribution in [-0.4, -0.2) is 56.6 Å². The molecule has 3 aromatic heterocycles. The van der Waals surface area contributed by atoms with Crippen LogP contribution in [-0.2, 0) is 0 Å². The van der Waals surface area contributed by atoms with Gasteiger partial charge in [-0.25, -0.2) is 14.4 Å². The number of hydrogen-bond donors (Lipinski definition) is 3. The molecule has 0 radical (unpaired) electrons. The number of hydrogen-bond acceptors (Lipinski definition) is 6. The molecule has 12 heteroatoms. The highest BCUT2D eigenvalue weighted by molar-refractivity contribution is 5.99. The SMILES string of the molecule is CC(C)(O)[C@H](F)CNC(=O)c1cnc(-n2ccc3cc(C#N)cnc32)cc1NCCC(F)(F)F. The van der Waals surface area contributed by atoms with Crippen molar-refractivity contribution >= 4 is 22.6 Å². The number of carbonyl (C=O) groups excluding carboxylic acids is 1. The van der Waals surface area contributed by atoms with Crippen LogP contribution < -0.4 is 10.6 Å². The summed E-state index contributed by atoms with van der Waals surface area (Å²) in [5, 5.41) is 24.3. The molecule has 0 fully saturated rings. The lowest BCUT2D eigenvalue weighted by molar-refractivity contribution is -0.131. The Balaban J connectivity index is 1.92. The van der Waals surface area contributed by atoms with Crippen molar-refractivity contribution in [2.24, 2.45) is 0 Å². The highest BCUT2D eigenvalue weighted by Crippen LogP contribution is 2.25. The fraction of sp³-hybridized carbons (Fsp3) is 0.364. The number of aromatic nitrogens is 3. The van der Waals surface area contributed by atoms with Crippen molar-refractivity contribution in [2.75, 3.05) is 18.4 Å². The topological polar surface area (TPSA) is 116 Å². The minimum absolute atomic E-state index is 0.0564. The maximum absolute atomic E-state index is 14.0. The smallest absolute Gasteiger partial charge is 0.387 e. The van der Waals surface area contributed by atoms with Crippen molar-refractivity contribution in [1.82, 2.24) is 19.9 Å². The molecule has 3 aromatic rings. The fourth-order valence-corrected chi connectivity index (χ4v) is 3.04. The molecule has 1 amide bonds. The van der Waals surface area contributed by atoms with Crippen molar-refractivity contribution < 1.29 is 27.5 Å². The molecule has 3 N–H and O–H groups in total. The summed E-state index contributed by atoms with van der Waals surface area (Å²) in [5.74, 6) is -0.507. The van der Waals surface area contributed by atoms with E-state index >= 15 is 0 Å². The second kappa shape index (κ2) is 9.64. The summed E-state index contributed by atoms with van der Waals surface area (Å²) >= 11 is 0. The molecule has 0 bridgehead atoms. The molecular formula is C22H22F4N6O2. The van der Waals surface area contributed by atoms with Crippen molar-refractivity contribution in [2.45, 2.75) is 38.2 Å². The van der Waals surface area contributed by atoms with E-state index in [1.807, 2.05) is 6.07 Å². The third-order valence-corrected chi connectivity index (χ3v) is 4.97. The lowest BCUT2D eigenvalue weighted by Crippen LogP contribution is -2.42. The first kappa shape index (κ1) is 24.9. The van der Waals surface area contributed by atoms with Gasteiger partial charge in [0, 0.05) is 36.6 Å². The van der Waals surface area contributed by atoms with Crippen molar-refractivity contribution in [1.29, 1.82) is 5.26 Å². The number of carbonyl (C=O) groups is 1. The number of nitrogens with zero attached hydrogens (tertiary/aromatic N) is 4. The molecule has 8 nitrogen and oxygen atoms in total. The average Bonchev–Trinajstić information content (AvgIpc) is 3.18. The Hall–Kier alpha value is -3.72. The Morgan fingerprint density at radius 2 is 2.00 bits per heavy atom. The van der Waals surface area contributed by atoms with Gasteiger partial charge in [-0.15, -0.1) is 0 Å². The van der Waals surface area contributed by atoms with Gasteiger partial charge in [0.15, 0.2) is 0 Å². The maximum atomic E-state index is 14.0. The first-order chi connectivity index (χ1) is 15.9. The molecule has 0 aliphatic rings. The molecule has 0 spiro atoms. The van der Waals surface area contributed by atoms with E-state index in [1.165, 1.54) is 26.1 Å². The molecule has 0 saturated heterocycles. The highest BCUT2D eigenvalue weighted by Gasteiger charge is 2.28. The summed E-state index contributed by atoms with van der Waals surface area (Å²) in [6.07, 6.45) is -3.15. The lowest BCUT2D eigenvalue weighted by Gasteiger charge is -2.22. The third-order valence-electron chi connectivity index (χ3n) is 4.97. The molecule has 0 aliphatic carbocycles. The summed E-state index contributed by atoms with van der Waals surface area (Å²) in [6.45, 7) is 1.50. The van der Waals surface area contributed by atoms with E-state index in [0.717, 1.165) is 6.20 Å². The molecule has 3 heterocycles. The van der Waals surface area contributed by atoms with Crippen LogP contribution in [0.3, 0.4) is 0 Å². The zero-order chi connectivity index (χ0) is 25.1. The van der Waals surface area contributed by atoms with Gasteiger partial charge in [0.25, 0.3) is 5.91 Å². The standard InChI is InChI=1S/C22H22F4N6O2/c1-21(2,34)17(23)12-31-20(33)15-11-29-18(8-16(15)28-5-4-22(24,25)26)32-6-3-14-7-13(9-27)10-30-19(14)32/h3,6-8,10-11,17,34H,4-5,12H2,1-2H3,(H,28,29)(H,31,33)/t17-/m1/s1. The molecule has 0 aromatic carbocycles. The van der Waals surface area contributed by atoms with Gasteiger partial charge in [-0.05, 0) is 26.0 Å². The Morgan fingerprint density at radius 3 is 2.65 bits per heavy atom. The Kier molecular flexibility index (Phi) is 7.07. The van der Waals surface area contributed by atoms with Gasteiger partial charge in [-0.3, -0.25) is 9.36 Å². The van der Waals surface area contributed by atoms with Crippen LogP contribution >= 0.6 is 0 Å². The minimum atomic E-state index is -4.40. The molecule has 1 atom stereocenters. The largest absolute Gasteiger partial charge is 0.390 e. The van der Waals surface area contributed by atoms with Gasteiger partial charge in [-0.2, -0.15) is 18.4 Å². The van der Waals surface area contributed by atoms with Crippen LogP contribution in [0.15, 0.2) is 36.8 Å². The van der Waals surface area contributed by atoms with Crippen molar-refractivity contribution in [3.8, 4) is 11.9 Å². The second-order valence-electron chi connectivity index (χ2n) is 8.15. The van der Waals surface area contributed by atoms with Gasteiger partial charge in [0.05, 0.1) is 35.4 Å². The highest BCUT2D eigenvalue weighted by atomic mass is 19.4. The molecule has 3 rings (SSSR count). The van der Waals surface area contributed by atoms with Crippen LogP contribution in [0.1, 0.15) is 36.2 Å². The Morgan fingerprint density at radius 1 is 1.26 bits per heavy atom. The molecular weight excluding hydrogens is 456 g/mol. The number of rotatable bonds is 8. The van der Waals surface area contributed by atoms with E-state index < -0.39 is 43.4 Å². The van der Waals surface area contributed by atoms with E-state index in [9.17, 15) is 27.5 Å². The quantitative estimate of drug-likeness (QED) is 0.427. The number of anilines is 1. The molecule has 180 valence electrons. The van der Waals surface area contributed by atoms with E-state index in [0.29, 0.717) is 16.6 Å². The first-order valence-corrected chi connectivity index (χ1v) is 10.2. The number of fused-ring (bicyclic) bond motifs is 1. The normalized spacial score (nSPS) is 12.9. The van der Waals surface area contributed by atoms with Crippen LogP contribution in [0.25, 0.3) is 16.9 Å². The number of amides is 1. The summed E-state index contributed by atoms with van der Waals surface area (Å²) < 4.78 is 53.5. The minimum Gasteiger partial charge on any atom is -0.387 e. The molecule has 0 saturated carbocycles. The van der Waals surface area contributed by atoms with E-state index in [-0.39, 0.29) is 17.1 Å². The van der Waals surface area contributed by atoms with Crippen LogP contribution in [0, 0.1) is 11.3 Å². The zero-order valence-corrected chi connectivity index (χ0v) is 18.3. The van der Waals surface area contributed by atoms with Gasteiger partial charge >= 0.3 is 6.18 Å². The summed E-state index contributed by atoms with van der Waals surface area (Å²) in [6, 6.07) is 6.69. The zero-order valence-electron chi connectivity index (χ0n) is 18.3. The number of nitriles is 1. The monoisotopic (exact) mass is 478 g/mol. The van der Waals surface area contributed by atoms with Gasteiger partial charge in [0.1, 0.15) is 23.7 Å². The molecule has 0 aliphatic heterocycles. The fourth-order valence-electron chi connectivity index (χ4n) is 3.04. The summed E-state index contributed by atoms with van der Waals surface area (Å²) in [7, 11) is 0. The third kappa shape index (κ3) is 5.99. The predicted molar refractivity (Wildman–Crippen MR) is 116 cm³/mol. The van der Waals surface area contributed by atoms with Crippen LogP contribution in [0.4, 0.5) is 23.2 Å². The summed E-state index contributed by atoms with van der Waals surface area (Å²) in [5.41, 5.74) is -0.907. The Labute approximate surface area is 192 Å². The van der Waals surface area contributed by atoms with Crippen molar-refractivity contribution in [3.63, 3.8) is 0 Å². The van der Waals surface area contributed by atoms with Gasteiger partial charge in [0.2, 0.25) is 0 Å². The van der Waals surface area contributed by atoms with Crippen LogP contribution in [0.2, 0.25) is 0 Å². The van der Waals surface area contributed by atoms with Crippen LogP contribution in [0.5, 0.6) is 0 Å².